The molecule has 1 fully saturated rings. The third-order valence-electron chi connectivity index (χ3n) is 6.29. The van der Waals surface area contributed by atoms with Crippen molar-refractivity contribution in [1.82, 2.24) is 4.90 Å². The van der Waals surface area contributed by atoms with E-state index in [0.717, 1.165) is 46.6 Å². The van der Waals surface area contributed by atoms with E-state index < -0.39 is 13.2 Å². The van der Waals surface area contributed by atoms with Gasteiger partial charge in [0.15, 0.2) is 23.0 Å². The normalized spacial score (nSPS) is 17.0. The molecular formula is C27H24F4N2O4. The van der Waals surface area contributed by atoms with Crippen LogP contribution in [-0.4, -0.2) is 38.1 Å². The zero-order chi connectivity index (χ0) is 26.1. The van der Waals surface area contributed by atoms with Gasteiger partial charge in [0.2, 0.25) is 0 Å². The lowest BCUT2D eigenvalue weighted by Gasteiger charge is -2.30. The number of fused-ring (bicyclic) bond motifs is 1. The van der Waals surface area contributed by atoms with Gasteiger partial charge in [0.25, 0.3) is 0 Å². The summed E-state index contributed by atoms with van der Waals surface area (Å²) in [5.74, 6) is 1.36. The Morgan fingerprint density at radius 1 is 0.838 bits per heavy atom. The molecule has 2 aromatic carbocycles. The Hall–Kier alpha value is -3.95. The molecule has 6 nitrogen and oxygen atoms in total. The third kappa shape index (κ3) is 5.28. The first-order valence-electron chi connectivity index (χ1n) is 11.6. The number of nitrogens with zero attached hydrogens (tertiary/aromatic N) is 2. The minimum Gasteiger partial charge on any atom is -0.493 e. The van der Waals surface area contributed by atoms with Gasteiger partial charge in [-0.1, -0.05) is 12.1 Å². The second kappa shape index (κ2) is 10.2. The first-order chi connectivity index (χ1) is 17.9. The summed E-state index contributed by atoms with van der Waals surface area (Å²) in [6.45, 7) is -5.96. The highest BCUT2D eigenvalue weighted by Gasteiger charge is 2.31. The molecule has 3 aliphatic rings. The van der Waals surface area contributed by atoms with Gasteiger partial charge >= 0.3 is 13.2 Å². The van der Waals surface area contributed by atoms with Crippen molar-refractivity contribution in [1.29, 1.82) is 0 Å². The van der Waals surface area contributed by atoms with Crippen molar-refractivity contribution in [3.05, 3.63) is 71.8 Å². The number of rotatable bonds is 9. The fourth-order valence-electron chi connectivity index (χ4n) is 4.38. The summed E-state index contributed by atoms with van der Waals surface area (Å²) < 4.78 is 71.0. The Balaban J connectivity index is 1.55. The lowest BCUT2D eigenvalue weighted by molar-refractivity contribution is -0.0518. The average molecular weight is 516 g/mol. The predicted molar refractivity (Wildman–Crippen MR) is 130 cm³/mol. The number of ether oxygens (including phenoxy) is 4. The fourth-order valence-corrected chi connectivity index (χ4v) is 4.38. The first-order valence-corrected chi connectivity index (χ1v) is 11.6. The van der Waals surface area contributed by atoms with Crippen molar-refractivity contribution in [2.75, 3.05) is 14.2 Å². The molecule has 2 heterocycles. The summed E-state index contributed by atoms with van der Waals surface area (Å²) in [6.07, 6.45) is 8.46. The molecule has 0 radical (unpaired) electrons. The number of hydrogen-bond donors (Lipinski definition) is 0. The minimum absolute atomic E-state index is 0.0648. The van der Waals surface area contributed by atoms with Gasteiger partial charge in [0.05, 0.1) is 14.2 Å². The molecule has 0 spiro atoms. The van der Waals surface area contributed by atoms with E-state index in [0.29, 0.717) is 12.3 Å². The maximum absolute atomic E-state index is 12.8. The molecule has 2 aliphatic heterocycles. The SMILES string of the molecule is COc1cc(C2=CN3C=CC(C4CC4)=NC3=C(c3ccc(OC(F)F)c(OC)c3)C2)ccc1OC(F)F. The number of methoxy groups -OCH3 is 2. The van der Waals surface area contributed by atoms with E-state index in [1.807, 2.05) is 23.4 Å². The summed E-state index contributed by atoms with van der Waals surface area (Å²) >= 11 is 0. The zero-order valence-electron chi connectivity index (χ0n) is 20.1. The standard InChI is InChI=1S/C27H24F4N2O4/c1-34-23-12-16(5-7-21(23)36-26(28)29)18-11-19(17-6-8-22(37-27(30)31)24(13-17)35-2)25-32-20(15-3-4-15)9-10-33(25)14-18/h5-10,12-15,26-27H,3-4,11H2,1-2H3. The zero-order valence-corrected chi connectivity index (χ0v) is 20.1. The summed E-state index contributed by atoms with van der Waals surface area (Å²) in [6, 6.07) is 9.54. The van der Waals surface area contributed by atoms with E-state index in [4.69, 9.17) is 14.5 Å². The van der Waals surface area contributed by atoms with Gasteiger partial charge in [0, 0.05) is 36.0 Å². The van der Waals surface area contributed by atoms with Crippen LogP contribution >= 0.6 is 0 Å². The van der Waals surface area contributed by atoms with Crippen LogP contribution in [-0.2, 0) is 0 Å². The average Bonchev–Trinajstić information content (AvgIpc) is 3.73. The Labute approximate surface area is 211 Å². The predicted octanol–water partition coefficient (Wildman–Crippen LogP) is 6.70. The van der Waals surface area contributed by atoms with Gasteiger partial charge in [-0.2, -0.15) is 17.6 Å². The van der Waals surface area contributed by atoms with Crippen LogP contribution in [0.4, 0.5) is 17.6 Å². The van der Waals surface area contributed by atoms with Crippen LogP contribution in [0, 0.1) is 5.92 Å². The second-order valence-electron chi connectivity index (χ2n) is 8.66. The van der Waals surface area contributed by atoms with Crippen LogP contribution in [0.1, 0.15) is 30.4 Å². The Morgan fingerprint density at radius 3 is 2.00 bits per heavy atom. The summed E-state index contributed by atoms with van der Waals surface area (Å²) in [7, 11) is 2.77. The molecule has 0 bridgehead atoms. The van der Waals surface area contributed by atoms with Crippen LogP contribution in [0.15, 0.2) is 65.7 Å². The van der Waals surface area contributed by atoms with Crippen molar-refractivity contribution >= 4 is 16.9 Å². The maximum atomic E-state index is 12.8. The van der Waals surface area contributed by atoms with Crippen LogP contribution in [0.2, 0.25) is 0 Å². The van der Waals surface area contributed by atoms with E-state index in [2.05, 4.69) is 9.47 Å². The Kier molecular flexibility index (Phi) is 6.82. The molecule has 1 aliphatic carbocycles. The first kappa shape index (κ1) is 24.7. The maximum Gasteiger partial charge on any atom is 0.387 e. The summed E-state index contributed by atoms with van der Waals surface area (Å²) in [5.41, 5.74) is 4.17. The quantitative estimate of drug-likeness (QED) is 0.347. The van der Waals surface area contributed by atoms with E-state index >= 15 is 0 Å². The number of hydrogen-bond acceptors (Lipinski definition) is 6. The molecule has 0 aromatic heterocycles. The van der Waals surface area contributed by atoms with Gasteiger partial charge in [-0.3, -0.25) is 0 Å². The molecule has 10 heteroatoms. The number of alkyl halides is 4. The monoisotopic (exact) mass is 516 g/mol. The third-order valence-corrected chi connectivity index (χ3v) is 6.29. The topological polar surface area (TPSA) is 52.5 Å². The molecule has 0 amide bonds. The molecule has 1 saturated carbocycles. The molecule has 194 valence electrons. The number of allylic oxidation sites excluding steroid dienone is 3. The summed E-state index contributed by atoms with van der Waals surface area (Å²) in [5, 5.41) is 0. The number of benzene rings is 2. The Bertz CT molecular complexity index is 1320. The van der Waals surface area contributed by atoms with E-state index in [9.17, 15) is 17.6 Å². The van der Waals surface area contributed by atoms with Gasteiger partial charge in [0.1, 0.15) is 5.82 Å². The van der Waals surface area contributed by atoms with Crippen LogP contribution in [0.3, 0.4) is 0 Å². The van der Waals surface area contributed by atoms with Crippen molar-refractivity contribution < 1.29 is 36.5 Å². The molecule has 0 saturated heterocycles. The highest BCUT2D eigenvalue weighted by Crippen LogP contribution is 2.44. The van der Waals surface area contributed by atoms with Crippen molar-refractivity contribution in [2.24, 2.45) is 10.9 Å². The lowest BCUT2D eigenvalue weighted by Crippen LogP contribution is -2.21. The molecule has 37 heavy (non-hydrogen) atoms. The van der Waals surface area contributed by atoms with E-state index in [1.54, 1.807) is 24.3 Å². The van der Waals surface area contributed by atoms with E-state index in [-0.39, 0.29) is 23.0 Å². The minimum atomic E-state index is -2.98. The van der Waals surface area contributed by atoms with Gasteiger partial charge in [-0.25, -0.2) is 4.99 Å². The molecule has 0 N–H and O–H groups in total. The molecule has 2 aromatic rings. The van der Waals surface area contributed by atoms with Crippen molar-refractivity contribution in [3.8, 4) is 23.0 Å². The highest BCUT2D eigenvalue weighted by molar-refractivity contribution is 6.01. The number of aliphatic imine (C=N–C) groups is 1. The van der Waals surface area contributed by atoms with Crippen LogP contribution < -0.4 is 18.9 Å². The molecular weight excluding hydrogens is 492 g/mol. The molecule has 0 atom stereocenters. The fraction of sp³-hybridized carbons (Fsp3) is 0.296. The van der Waals surface area contributed by atoms with Gasteiger partial charge in [-0.05, 0) is 59.9 Å². The summed E-state index contributed by atoms with van der Waals surface area (Å²) in [4.78, 5) is 6.82. The van der Waals surface area contributed by atoms with Crippen LogP contribution in [0.25, 0.3) is 11.1 Å². The lowest BCUT2D eigenvalue weighted by atomic mass is 9.91. The van der Waals surface area contributed by atoms with Crippen LogP contribution in [0.5, 0.6) is 23.0 Å². The van der Waals surface area contributed by atoms with Crippen molar-refractivity contribution in [2.45, 2.75) is 32.5 Å². The second-order valence-corrected chi connectivity index (χ2v) is 8.66. The smallest absolute Gasteiger partial charge is 0.387 e. The Morgan fingerprint density at radius 2 is 1.43 bits per heavy atom. The number of halogens is 4. The highest BCUT2D eigenvalue weighted by atomic mass is 19.3. The van der Waals surface area contributed by atoms with E-state index in [1.165, 1.54) is 26.4 Å². The van der Waals surface area contributed by atoms with Crippen molar-refractivity contribution in [3.63, 3.8) is 0 Å². The molecule has 5 rings (SSSR count). The molecule has 0 unspecified atom stereocenters. The largest absolute Gasteiger partial charge is 0.493 e. The van der Waals surface area contributed by atoms with Gasteiger partial charge in [-0.15, -0.1) is 0 Å². The van der Waals surface area contributed by atoms with Gasteiger partial charge < -0.3 is 23.8 Å².